The second-order valence-corrected chi connectivity index (χ2v) is 4.28. The van der Waals surface area contributed by atoms with Gasteiger partial charge in [0.15, 0.2) is 0 Å². The van der Waals surface area contributed by atoms with Gasteiger partial charge in [-0.1, -0.05) is 25.2 Å². The molecule has 100 valence electrons. The molecule has 0 bridgehead atoms. The van der Waals surface area contributed by atoms with E-state index in [0.29, 0.717) is 19.8 Å². The van der Waals surface area contributed by atoms with Crippen molar-refractivity contribution in [2.75, 3.05) is 19.8 Å². The second-order valence-electron chi connectivity index (χ2n) is 3.84. The van der Waals surface area contributed by atoms with Crippen LogP contribution in [-0.2, 0) is 16.1 Å². The molecule has 3 nitrogen and oxygen atoms in total. The predicted molar refractivity (Wildman–Crippen MR) is 73.1 cm³/mol. The Kier molecular flexibility index (Phi) is 6.78. The van der Waals surface area contributed by atoms with Gasteiger partial charge in [-0.25, -0.2) is 4.39 Å². The molecule has 0 aromatic heterocycles. The van der Waals surface area contributed by atoms with Crippen LogP contribution in [-0.4, -0.2) is 24.8 Å². The van der Waals surface area contributed by atoms with E-state index in [0.717, 1.165) is 18.6 Å². The Hall–Kier alpha value is -1.04. The van der Waals surface area contributed by atoms with Gasteiger partial charge < -0.3 is 15.2 Å². The highest BCUT2D eigenvalue weighted by molar-refractivity contribution is 7.80. The van der Waals surface area contributed by atoms with Crippen LogP contribution in [0.5, 0.6) is 0 Å². The number of hydrogen-bond acceptors (Lipinski definition) is 3. The average Bonchev–Trinajstić information content (AvgIpc) is 2.35. The average molecular weight is 271 g/mol. The number of hydrogen-bond donors (Lipinski definition) is 1. The Morgan fingerprint density at radius 1 is 1.28 bits per heavy atom. The molecule has 0 radical (unpaired) electrons. The van der Waals surface area contributed by atoms with E-state index in [1.54, 1.807) is 12.1 Å². The van der Waals surface area contributed by atoms with Crippen molar-refractivity contribution in [1.82, 2.24) is 0 Å². The first kappa shape index (κ1) is 15.0. The fourth-order valence-electron chi connectivity index (χ4n) is 1.41. The Bertz CT molecular complexity index is 399. The first-order valence-corrected chi connectivity index (χ1v) is 6.29. The van der Waals surface area contributed by atoms with Gasteiger partial charge in [-0.05, 0) is 24.1 Å². The normalized spacial score (nSPS) is 10.6. The summed E-state index contributed by atoms with van der Waals surface area (Å²) in [6, 6.07) is 4.62. The van der Waals surface area contributed by atoms with E-state index in [1.165, 1.54) is 6.07 Å². The summed E-state index contributed by atoms with van der Waals surface area (Å²) in [5.41, 5.74) is 6.52. The largest absolute Gasteiger partial charge is 0.389 e. The van der Waals surface area contributed by atoms with Gasteiger partial charge in [-0.2, -0.15) is 0 Å². The topological polar surface area (TPSA) is 44.5 Å². The maximum Gasteiger partial charge on any atom is 0.133 e. The lowest BCUT2D eigenvalue weighted by Crippen LogP contribution is -2.12. The predicted octanol–water partition coefficient (Wildman–Crippen LogP) is 2.40. The minimum absolute atomic E-state index is 0.0561. The van der Waals surface area contributed by atoms with Crippen molar-refractivity contribution in [2.24, 2.45) is 5.73 Å². The lowest BCUT2D eigenvalue weighted by atomic mass is 10.1. The molecule has 0 aliphatic heterocycles. The summed E-state index contributed by atoms with van der Waals surface area (Å²) < 4.78 is 24.0. The molecule has 0 unspecified atom stereocenters. The van der Waals surface area contributed by atoms with E-state index in [-0.39, 0.29) is 10.6 Å². The molecule has 0 saturated carbocycles. The van der Waals surface area contributed by atoms with Crippen LogP contribution < -0.4 is 5.73 Å². The molecule has 0 aliphatic rings. The van der Waals surface area contributed by atoms with Crippen molar-refractivity contribution in [3.8, 4) is 0 Å². The Labute approximate surface area is 112 Å². The van der Waals surface area contributed by atoms with Crippen molar-refractivity contribution in [1.29, 1.82) is 0 Å². The van der Waals surface area contributed by atoms with Crippen LogP contribution in [0.1, 0.15) is 24.5 Å². The smallest absolute Gasteiger partial charge is 0.133 e. The van der Waals surface area contributed by atoms with Crippen molar-refractivity contribution >= 4 is 17.2 Å². The van der Waals surface area contributed by atoms with Crippen molar-refractivity contribution in [2.45, 2.75) is 20.0 Å². The number of thiocarbonyl (C=S) groups is 1. The van der Waals surface area contributed by atoms with Crippen LogP contribution >= 0.6 is 12.2 Å². The summed E-state index contributed by atoms with van der Waals surface area (Å²) in [7, 11) is 0. The SMILES string of the molecule is CCCOCCOCc1ccc(F)c(C(N)=S)c1. The number of rotatable bonds is 8. The second kappa shape index (κ2) is 8.13. The number of nitrogens with two attached hydrogens (primary N) is 1. The van der Waals surface area contributed by atoms with Crippen molar-refractivity contribution in [3.05, 3.63) is 35.1 Å². The molecule has 0 aliphatic carbocycles. The summed E-state index contributed by atoms with van der Waals surface area (Å²) in [5, 5.41) is 0. The fraction of sp³-hybridized carbons (Fsp3) is 0.462. The van der Waals surface area contributed by atoms with E-state index in [2.05, 4.69) is 6.92 Å². The van der Waals surface area contributed by atoms with E-state index in [1.807, 2.05) is 0 Å². The van der Waals surface area contributed by atoms with Gasteiger partial charge >= 0.3 is 0 Å². The summed E-state index contributed by atoms with van der Waals surface area (Å²) in [6.45, 7) is 4.27. The number of benzene rings is 1. The fourth-order valence-corrected chi connectivity index (χ4v) is 1.56. The quantitative estimate of drug-likeness (QED) is 0.582. The van der Waals surface area contributed by atoms with Crippen LogP contribution in [0.3, 0.4) is 0 Å². The van der Waals surface area contributed by atoms with E-state index in [4.69, 9.17) is 27.4 Å². The molecule has 1 aromatic rings. The Morgan fingerprint density at radius 2 is 2.00 bits per heavy atom. The van der Waals surface area contributed by atoms with E-state index < -0.39 is 5.82 Å². The Morgan fingerprint density at radius 3 is 2.67 bits per heavy atom. The zero-order valence-electron chi connectivity index (χ0n) is 10.4. The van der Waals surface area contributed by atoms with Crippen LogP contribution in [0, 0.1) is 5.82 Å². The molecule has 1 aromatic carbocycles. The third-order valence-corrected chi connectivity index (χ3v) is 2.51. The summed E-state index contributed by atoms with van der Waals surface area (Å²) in [4.78, 5) is 0.0561. The first-order valence-electron chi connectivity index (χ1n) is 5.89. The van der Waals surface area contributed by atoms with Crippen LogP contribution in [0.15, 0.2) is 18.2 Å². The standard InChI is InChI=1S/C13H18FNO2S/c1-2-5-16-6-7-17-9-10-3-4-12(14)11(8-10)13(15)18/h3-4,8H,2,5-7,9H2,1H3,(H2,15,18). The maximum atomic E-state index is 13.3. The van der Waals surface area contributed by atoms with E-state index in [9.17, 15) is 4.39 Å². The first-order chi connectivity index (χ1) is 8.65. The maximum absolute atomic E-state index is 13.3. The van der Waals surface area contributed by atoms with Gasteiger partial charge in [0, 0.05) is 12.2 Å². The molecular formula is C13H18FNO2S. The molecule has 0 saturated heterocycles. The molecule has 2 N–H and O–H groups in total. The number of ether oxygens (including phenoxy) is 2. The third kappa shape index (κ3) is 5.08. The van der Waals surface area contributed by atoms with Gasteiger partial charge in [0.05, 0.1) is 19.8 Å². The van der Waals surface area contributed by atoms with Gasteiger partial charge in [-0.15, -0.1) is 0 Å². The molecule has 0 atom stereocenters. The summed E-state index contributed by atoms with van der Waals surface area (Å²) >= 11 is 4.77. The van der Waals surface area contributed by atoms with Crippen LogP contribution in [0.4, 0.5) is 4.39 Å². The highest BCUT2D eigenvalue weighted by atomic mass is 32.1. The molecule has 1 rings (SSSR count). The molecular weight excluding hydrogens is 253 g/mol. The van der Waals surface area contributed by atoms with Gasteiger partial charge in [-0.3, -0.25) is 0 Å². The summed E-state index contributed by atoms with van der Waals surface area (Å²) in [5.74, 6) is -0.405. The highest BCUT2D eigenvalue weighted by Gasteiger charge is 2.06. The molecule has 0 spiro atoms. The van der Waals surface area contributed by atoms with Crippen molar-refractivity contribution < 1.29 is 13.9 Å². The highest BCUT2D eigenvalue weighted by Crippen LogP contribution is 2.11. The summed E-state index contributed by atoms with van der Waals surface area (Å²) in [6.07, 6.45) is 0.995. The Balaban J connectivity index is 2.38. The van der Waals surface area contributed by atoms with Gasteiger partial charge in [0.25, 0.3) is 0 Å². The van der Waals surface area contributed by atoms with E-state index >= 15 is 0 Å². The van der Waals surface area contributed by atoms with Crippen molar-refractivity contribution in [3.63, 3.8) is 0 Å². The van der Waals surface area contributed by atoms with Gasteiger partial charge in [0.1, 0.15) is 10.8 Å². The number of halogens is 1. The van der Waals surface area contributed by atoms with Crippen LogP contribution in [0.25, 0.3) is 0 Å². The minimum Gasteiger partial charge on any atom is -0.389 e. The monoisotopic (exact) mass is 271 g/mol. The molecule has 5 heteroatoms. The zero-order valence-corrected chi connectivity index (χ0v) is 11.3. The van der Waals surface area contributed by atoms with Gasteiger partial charge in [0.2, 0.25) is 0 Å². The molecule has 0 fully saturated rings. The lowest BCUT2D eigenvalue weighted by molar-refractivity contribution is 0.0408. The lowest BCUT2D eigenvalue weighted by Gasteiger charge is -2.07. The minimum atomic E-state index is -0.405. The van der Waals surface area contributed by atoms with Crippen LogP contribution in [0.2, 0.25) is 0 Å². The molecule has 0 amide bonds. The molecule has 18 heavy (non-hydrogen) atoms. The third-order valence-electron chi connectivity index (χ3n) is 2.29. The zero-order chi connectivity index (χ0) is 13.4. The molecule has 0 heterocycles.